The second-order valence-electron chi connectivity index (χ2n) is 4.50. The Kier molecular flexibility index (Phi) is 4.32. The molecule has 2 rings (SSSR count). The maximum Gasteiger partial charge on any atom is 0.416 e. The summed E-state index contributed by atoms with van der Waals surface area (Å²) in [6.45, 7) is 4.46. The van der Waals surface area contributed by atoms with E-state index >= 15 is 0 Å². The van der Waals surface area contributed by atoms with Crippen LogP contribution in [0.15, 0.2) is 23.6 Å². The smallest absolute Gasteiger partial charge is 0.370 e. The van der Waals surface area contributed by atoms with E-state index in [0.717, 1.165) is 29.0 Å². The number of nitrogens with one attached hydrogen (secondary N) is 1. The Labute approximate surface area is 119 Å². The van der Waals surface area contributed by atoms with E-state index in [1.807, 2.05) is 25.3 Å². The summed E-state index contributed by atoms with van der Waals surface area (Å²) in [5.74, 6) is 0.264. The molecule has 0 saturated carbocycles. The average Bonchev–Trinajstić information content (AvgIpc) is 2.82. The highest BCUT2D eigenvalue weighted by molar-refractivity contribution is 7.10. The maximum absolute atomic E-state index is 12.9. The fraction of sp³-hybridized carbons (Fsp3) is 0.357. The Balaban J connectivity index is 2.45. The van der Waals surface area contributed by atoms with Gasteiger partial charge in [-0.2, -0.15) is 13.2 Å². The molecular weight excluding hydrogens is 285 g/mol. The van der Waals surface area contributed by atoms with Crippen molar-refractivity contribution in [1.82, 2.24) is 4.98 Å². The third-order valence-corrected chi connectivity index (χ3v) is 3.60. The fourth-order valence-electron chi connectivity index (χ4n) is 1.76. The normalized spacial score (nSPS) is 11.7. The number of rotatable bonds is 4. The van der Waals surface area contributed by atoms with Crippen LogP contribution in [0.25, 0.3) is 11.3 Å². The van der Waals surface area contributed by atoms with Crippen molar-refractivity contribution in [3.8, 4) is 11.3 Å². The minimum atomic E-state index is -4.37. The first kappa shape index (κ1) is 14.8. The van der Waals surface area contributed by atoms with Crippen LogP contribution < -0.4 is 5.32 Å². The lowest BCUT2D eigenvalue weighted by Crippen LogP contribution is -2.09. The molecule has 0 aliphatic heterocycles. The van der Waals surface area contributed by atoms with Crippen LogP contribution in [0, 0.1) is 6.92 Å². The van der Waals surface area contributed by atoms with Gasteiger partial charge in [-0.1, -0.05) is 6.92 Å². The Hall–Kier alpha value is -1.56. The molecule has 20 heavy (non-hydrogen) atoms. The van der Waals surface area contributed by atoms with Crippen molar-refractivity contribution in [2.75, 3.05) is 11.9 Å². The summed E-state index contributed by atoms with van der Waals surface area (Å²) >= 11 is 1.49. The number of aryl methyl sites for hydroxylation is 1. The van der Waals surface area contributed by atoms with Crippen molar-refractivity contribution in [1.29, 1.82) is 0 Å². The lowest BCUT2D eigenvalue weighted by Gasteiger charge is -2.12. The number of nitrogens with zero attached hydrogens (tertiary/aromatic N) is 1. The second-order valence-corrected chi connectivity index (χ2v) is 5.61. The van der Waals surface area contributed by atoms with E-state index in [9.17, 15) is 13.2 Å². The SMILES string of the molecule is CCCNc1cc(C(F)(F)F)cc(-c2csc(C)c2)n1. The number of anilines is 1. The lowest BCUT2D eigenvalue weighted by molar-refractivity contribution is -0.137. The molecule has 108 valence electrons. The van der Waals surface area contributed by atoms with E-state index in [0.29, 0.717) is 12.2 Å². The van der Waals surface area contributed by atoms with Crippen LogP contribution in [0.5, 0.6) is 0 Å². The first-order valence-corrected chi connectivity index (χ1v) is 7.17. The van der Waals surface area contributed by atoms with Crippen molar-refractivity contribution >= 4 is 17.2 Å². The first-order valence-electron chi connectivity index (χ1n) is 6.29. The quantitative estimate of drug-likeness (QED) is 0.863. The zero-order chi connectivity index (χ0) is 14.8. The summed E-state index contributed by atoms with van der Waals surface area (Å²) < 4.78 is 38.8. The molecule has 0 amide bonds. The highest BCUT2D eigenvalue weighted by Crippen LogP contribution is 2.34. The highest BCUT2D eigenvalue weighted by atomic mass is 32.1. The number of aromatic nitrogens is 1. The first-order chi connectivity index (χ1) is 9.40. The largest absolute Gasteiger partial charge is 0.416 e. The van der Waals surface area contributed by atoms with Crippen molar-refractivity contribution in [2.24, 2.45) is 0 Å². The summed E-state index contributed by atoms with van der Waals surface area (Å²) in [5, 5.41) is 4.74. The standard InChI is InChI=1S/C14H15F3N2S/c1-3-4-18-13-7-11(14(15,16)17)6-12(19-13)10-5-9(2)20-8-10/h5-8H,3-4H2,1-2H3,(H,18,19). The average molecular weight is 300 g/mol. The van der Waals surface area contributed by atoms with E-state index < -0.39 is 11.7 Å². The third kappa shape index (κ3) is 3.50. The van der Waals surface area contributed by atoms with Gasteiger partial charge in [-0.3, -0.25) is 0 Å². The number of hydrogen-bond acceptors (Lipinski definition) is 3. The van der Waals surface area contributed by atoms with Crippen molar-refractivity contribution < 1.29 is 13.2 Å². The van der Waals surface area contributed by atoms with Gasteiger partial charge in [0.2, 0.25) is 0 Å². The van der Waals surface area contributed by atoms with Crippen LogP contribution in [0.3, 0.4) is 0 Å². The molecule has 0 spiro atoms. The zero-order valence-electron chi connectivity index (χ0n) is 11.2. The predicted molar refractivity (Wildman–Crippen MR) is 76.1 cm³/mol. The van der Waals surface area contributed by atoms with Gasteiger partial charge in [0.25, 0.3) is 0 Å². The molecule has 0 radical (unpaired) electrons. The number of pyridine rings is 1. The van der Waals surface area contributed by atoms with E-state index in [2.05, 4.69) is 10.3 Å². The molecule has 2 aromatic rings. The van der Waals surface area contributed by atoms with Gasteiger partial charge in [-0.05, 0) is 31.5 Å². The summed E-state index contributed by atoms with van der Waals surface area (Å²) in [7, 11) is 0. The molecule has 0 unspecified atom stereocenters. The van der Waals surface area contributed by atoms with Gasteiger partial charge in [-0.15, -0.1) is 11.3 Å². The molecule has 0 aliphatic rings. The Morgan fingerprint density at radius 2 is 2.00 bits per heavy atom. The van der Waals surface area contributed by atoms with Gasteiger partial charge >= 0.3 is 6.18 Å². The minimum absolute atomic E-state index is 0.264. The number of alkyl halides is 3. The summed E-state index contributed by atoms with van der Waals surface area (Å²) in [6.07, 6.45) is -3.55. The number of halogens is 3. The monoisotopic (exact) mass is 300 g/mol. The molecule has 1 N–H and O–H groups in total. The van der Waals surface area contributed by atoms with E-state index in [4.69, 9.17) is 0 Å². The van der Waals surface area contributed by atoms with Gasteiger partial charge in [0.15, 0.2) is 0 Å². The van der Waals surface area contributed by atoms with Crippen LogP contribution in [0.1, 0.15) is 23.8 Å². The molecule has 6 heteroatoms. The molecular formula is C14H15F3N2S. The summed E-state index contributed by atoms with van der Waals surface area (Å²) in [5.41, 5.74) is 0.394. The summed E-state index contributed by atoms with van der Waals surface area (Å²) in [4.78, 5) is 5.31. The van der Waals surface area contributed by atoms with Gasteiger partial charge in [0, 0.05) is 22.4 Å². The maximum atomic E-state index is 12.9. The molecule has 0 aromatic carbocycles. The Bertz CT molecular complexity index is 590. The van der Waals surface area contributed by atoms with Crippen molar-refractivity contribution in [3.63, 3.8) is 0 Å². The molecule has 0 fully saturated rings. The van der Waals surface area contributed by atoms with Crippen LogP contribution in [-0.4, -0.2) is 11.5 Å². The molecule has 2 aromatic heterocycles. The van der Waals surface area contributed by atoms with Crippen molar-refractivity contribution in [3.05, 3.63) is 34.0 Å². The van der Waals surface area contributed by atoms with Crippen LogP contribution in [0.4, 0.5) is 19.0 Å². The van der Waals surface area contributed by atoms with Gasteiger partial charge in [0.1, 0.15) is 5.82 Å². The third-order valence-electron chi connectivity index (χ3n) is 2.74. The Morgan fingerprint density at radius 1 is 1.25 bits per heavy atom. The van der Waals surface area contributed by atoms with Crippen LogP contribution in [-0.2, 0) is 6.18 Å². The topological polar surface area (TPSA) is 24.9 Å². The van der Waals surface area contributed by atoms with Crippen molar-refractivity contribution in [2.45, 2.75) is 26.4 Å². The second kappa shape index (κ2) is 5.83. The molecule has 2 nitrogen and oxygen atoms in total. The van der Waals surface area contributed by atoms with Crippen LogP contribution >= 0.6 is 11.3 Å². The van der Waals surface area contributed by atoms with E-state index in [1.54, 1.807) is 0 Å². The molecule has 2 heterocycles. The van der Waals surface area contributed by atoms with Gasteiger partial charge in [0.05, 0.1) is 11.3 Å². The molecule has 0 atom stereocenters. The predicted octanol–water partition coefficient (Wildman–Crippen LogP) is 4.96. The fourth-order valence-corrected chi connectivity index (χ4v) is 2.46. The van der Waals surface area contributed by atoms with E-state index in [1.165, 1.54) is 11.3 Å². The number of hydrogen-bond donors (Lipinski definition) is 1. The van der Waals surface area contributed by atoms with Gasteiger partial charge in [-0.25, -0.2) is 4.98 Å². The van der Waals surface area contributed by atoms with Crippen LogP contribution in [0.2, 0.25) is 0 Å². The van der Waals surface area contributed by atoms with Gasteiger partial charge < -0.3 is 5.32 Å². The minimum Gasteiger partial charge on any atom is -0.370 e. The molecule has 0 aliphatic carbocycles. The number of thiophene rings is 1. The zero-order valence-corrected chi connectivity index (χ0v) is 12.0. The molecule has 0 bridgehead atoms. The highest BCUT2D eigenvalue weighted by Gasteiger charge is 2.31. The Morgan fingerprint density at radius 3 is 2.55 bits per heavy atom. The lowest BCUT2D eigenvalue weighted by atomic mass is 10.1. The molecule has 0 saturated heterocycles. The van der Waals surface area contributed by atoms with E-state index in [-0.39, 0.29) is 5.82 Å². The summed E-state index contributed by atoms with van der Waals surface area (Å²) in [6, 6.07) is 3.99.